The number of nitrogens with zero attached hydrogens (tertiary/aromatic N) is 1. The van der Waals surface area contributed by atoms with Crippen LogP contribution in [0.15, 0.2) is 0 Å². The summed E-state index contributed by atoms with van der Waals surface area (Å²) in [6.45, 7) is 8.24. The Hall–Kier alpha value is -0.110. The fraction of sp³-hybridized carbons (Fsp3) is 1.00. The fourth-order valence-corrected chi connectivity index (χ4v) is 2.05. The monoisotopic (exact) mass is 159 g/mol. The second-order valence-electron chi connectivity index (χ2n) is 3.67. The Morgan fingerprint density at radius 1 is 1.55 bits per heavy atom. The maximum absolute atomic E-state index is 13.2. The van der Waals surface area contributed by atoms with Crippen LogP contribution in [0.1, 0.15) is 27.2 Å². The lowest BCUT2D eigenvalue weighted by atomic mass is 10.0. The number of hydrogen-bond donors (Lipinski definition) is 0. The molecule has 1 aliphatic rings. The normalized spacial score (nSPS) is 33.5. The van der Waals surface area contributed by atoms with Crippen LogP contribution in [0.4, 0.5) is 4.39 Å². The van der Waals surface area contributed by atoms with Gasteiger partial charge in [-0.15, -0.1) is 0 Å². The first-order valence-corrected chi connectivity index (χ1v) is 4.55. The van der Waals surface area contributed by atoms with Crippen molar-refractivity contribution < 1.29 is 4.39 Å². The van der Waals surface area contributed by atoms with Crippen LogP contribution in [0.3, 0.4) is 0 Å². The predicted octanol–water partition coefficient (Wildman–Crippen LogP) is 2.07. The van der Waals surface area contributed by atoms with Gasteiger partial charge in [0.25, 0.3) is 0 Å². The van der Waals surface area contributed by atoms with E-state index in [0.29, 0.717) is 5.92 Å². The van der Waals surface area contributed by atoms with Crippen molar-refractivity contribution in [2.75, 3.05) is 13.1 Å². The first kappa shape index (κ1) is 8.98. The summed E-state index contributed by atoms with van der Waals surface area (Å²) in [7, 11) is 0. The van der Waals surface area contributed by atoms with E-state index < -0.39 is 6.17 Å². The highest BCUT2D eigenvalue weighted by Crippen LogP contribution is 2.25. The molecule has 2 atom stereocenters. The summed E-state index contributed by atoms with van der Waals surface area (Å²) in [6, 6.07) is 0.181. The van der Waals surface area contributed by atoms with E-state index in [-0.39, 0.29) is 6.04 Å². The van der Waals surface area contributed by atoms with Crippen molar-refractivity contribution in [3.05, 3.63) is 0 Å². The van der Waals surface area contributed by atoms with Gasteiger partial charge in [-0.1, -0.05) is 20.8 Å². The summed E-state index contributed by atoms with van der Waals surface area (Å²) < 4.78 is 13.2. The van der Waals surface area contributed by atoms with E-state index in [1.807, 2.05) is 0 Å². The molecule has 0 aromatic heterocycles. The molecular formula is C9H18FN. The molecule has 0 radical (unpaired) electrons. The Morgan fingerprint density at radius 3 is 2.55 bits per heavy atom. The van der Waals surface area contributed by atoms with Crippen molar-refractivity contribution in [3.8, 4) is 0 Å². The van der Waals surface area contributed by atoms with Crippen molar-refractivity contribution in [2.24, 2.45) is 5.92 Å². The predicted molar refractivity (Wildman–Crippen MR) is 45.4 cm³/mol. The Morgan fingerprint density at radius 2 is 2.18 bits per heavy atom. The summed E-state index contributed by atoms with van der Waals surface area (Å²) >= 11 is 0. The minimum Gasteiger partial charge on any atom is -0.297 e. The lowest BCUT2D eigenvalue weighted by Gasteiger charge is -2.27. The van der Waals surface area contributed by atoms with Gasteiger partial charge >= 0.3 is 0 Å². The zero-order valence-corrected chi connectivity index (χ0v) is 7.68. The van der Waals surface area contributed by atoms with Gasteiger partial charge in [-0.3, -0.25) is 4.90 Å². The van der Waals surface area contributed by atoms with Gasteiger partial charge in [0, 0.05) is 12.6 Å². The Kier molecular flexibility index (Phi) is 2.88. The Labute approximate surface area is 68.6 Å². The number of hydrogen-bond acceptors (Lipinski definition) is 1. The number of likely N-dealkylation sites (tertiary alicyclic amines) is 1. The van der Waals surface area contributed by atoms with Gasteiger partial charge < -0.3 is 0 Å². The van der Waals surface area contributed by atoms with Crippen molar-refractivity contribution in [2.45, 2.75) is 39.4 Å². The highest BCUT2D eigenvalue weighted by molar-refractivity contribution is 4.88. The van der Waals surface area contributed by atoms with Crippen LogP contribution >= 0.6 is 0 Å². The average molecular weight is 159 g/mol. The molecule has 2 heteroatoms. The molecule has 0 spiro atoms. The topological polar surface area (TPSA) is 3.24 Å². The standard InChI is InChI=1S/C9H18FN/c1-4-11-6-5-8(10)9(11)7(2)3/h7-9H,4-6H2,1-3H3. The lowest BCUT2D eigenvalue weighted by molar-refractivity contribution is 0.155. The molecule has 1 aliphatic heterocycles. The van der Waals surface area contributed by atoms with Gasteiger partial charge in [0.1, 0.15) is 6.17 Å². The number of rotatable bonds is 2. The molecule has 0 aromatic carbocycles. The van der Waals surface area contributed by atoms with Crippen molar-refractivity contribution in [1.82, 2.24) is 4.90 Å². The fourth-order valence-electron chi connectivity index (χ4n) is 2.05. The third-order valence-electron chi connectivity index (χ3n) is 2.57. The molecule has 1 fully saturated rings. The molecule has 0 aliphatic carbocycles. The molecule has 1 heterocycles. The molecule has 0 amide bonds. The largest absolute Gasteiger partial charge is 0.297 e. The maximum atomic E-state index is 13.2. The van der Waals surface area contributed by atoms with Crippen LogP contribution < -0.4 is 0 Å². The molecule has 0 N–H and O–H groups in total. The van der Waals surface area contributed by atoms with Crippen LogP contribution in [-0.4, -0.2) is 30.2 Å². The minimum atomic E-state index is -0.588. The van der Waals surface area contributed by atoms with Gasteiger partial charge in [0.2, 0.25) is 0 Å². The SMILES string of the molecule is CCN1CCC(F)C1C(C)C. The van der Waals surface area contributed by atoms with Crippen molar-refractivity contribution >= 4 is 0 Å². The molecule has 1 saturated heterocycles. The second-order valence-corrected chi connectivity index (χ2v) is 3.67. The number of alkyl halides is 1. The third-order valence-corrected chi connectivity index (χ3v) is 2.57. The van der Waals surface area contributed by atoms with Crippen molar-refractivity contribution in [3.63, 3.8) is 0 Å². The second kappa shape index (κ2) is 3.53. The summed E-state index contributed by atoms with van der Waals surface area (Å²) in [5, 5.41) is 0. The lowest BCUT2D eigenvalue weighted by Crippen LogP contribution is -2.37. The van der Waals surface area contributed by atoms with E-state index in [1.54, 1.807) is 0 Å². The molecule has 66 valence electrons. The van der Waals surface area contributed by atoms with Gasteiger partial charge in [0.05, 0.1) is 0 Å². The molecule has 1 rings (SSSR count). The Balaban J connectivity index is 2.56. The van der Waals surface area contributed by atoms with E-state index in [4.69, 9.17) is 0 Å². The Bertz CT molecular complexity index is 125. The highest BCUT2D eigenvalue weighted by Gasteiger charge is 2.34. The van der Waals surface area contributed by atoms with Crippen LogP contribution in [0.25, 0.3) is 0 Å². The van der Waals surface area contributed by atoms with Gasteiger partial charge in [-0.05, 0) is 18.9 Å². The van der Waals surface area contributed by atoms with Crippen LogP contribution in [0.2, 0.25) is 0 Å². The van der Waals surface area contributed by atoms with E-state index in [1.165, 1.54) is 0 Å². The molecule has 0 bridgehead atoms. The first-order chi connectivity index (χ1) is 5.16. The summed E-state index contributed by atoms with van der Waals surface area (Å²) in [4.78, 5) is 2.25. The first-order valence-electron chi connectivity index (χ1n) is 4.55. The minimum absolute atomic E-state index is 0.181. The smallest absolute Gasteiger partial charge is 0.117 e. The zero-order chi connectivity index (χ0) is 8.43. The van der Waals surface area contributed by atoms with E-state index in [9.17, 15) is 4.39 Å². The van der Waals surface area contributed by atoms with E-state index in [2.05, 4.69) is 25.7 Å². The van der Waals surface area contributed by atoms with Crippen LogP contribution in [-0.2, 0) is 0 Å². The molecule has 0 saturated carbocycles. The molecular weight excluding hydrogens is 141 g/mol. The molecule has 0 aromatic rings. The van der Waals surface area contributed by atoms with Gasteiger partial charge in [-0.25, -0.2) is 4.39 Å². The summed E-state index contributed by atoms with van der Waals surface area (Å²) in [5.74, 6) is 0.451. The highest BCUT2D eigenvalue weighted by atomic mass is 19.1. The van der Waals surface area contributed by atoms with E-state index >= 15 is 0 Å². The summed E-state index contributed by atoms with van der Waals surface area (Å²) in [5.41, 5.74) is 0. The number of halogens is 1. The quantitative estimate of drug-likeness (QED) is 0.596. The van der Waals surface area contributed by atoms with Gasteiger partial charge in [-0.2, -0.15) is 0 Å². The van der Waals surface area contributed by atoms with Crippen LogP contribution in [0.5, 0.6) is 0 Å². The van der Waals surface area contributed by atoms with Gasteiger partial charge in [0.15, 0.2) is 0 Å². The zero-order valence-electron chi connectivity index (χ0n) is 7.68. The van der Waals surface area contributed by atoms with Crippen LogP contribution in [0, 0.1) is 5.92 Å². The third kappa shape index (κ3) is 1.73. The average Bonchev–Trinajstić information content (AvgIpc) is 2.30. The maximum Gasteiger partial charge on any atom is 0.117 e. The molecule has 11 heavy (non-hydrogen) atoms. The van der Waals surface area contributed by atoms with E-state index in [0.717, 1.165) is 19.5 Å². The molecule has 2 unspecified atom stereocenters. The van der Waals surface area contributed by atoms with Crippen molar-refractivity contribution in [1.29, 1.82) is 0 Å². The molecule has 1 nitrogen and oxygen atoms in total. The summed E-state index contributed by atoms with van der Waals surface area (Å²) in [6.07, 6.45) is 0.145.